The minimum atomic E-state index is -0.591. The summed E-state index contributed by atoms with van der Waals surface area (Å²) in [5, 5.41) is 9.11. The molecule has 31 heavy (non-hydrogen) atoms. The molecule has 0 saturated heterocycles. The van der Waals surface area contributed by atoms with E-state index in [0.717, 1.165) is 11.1 Å². The van der Waals surface area contributed by atoms with Crippen LogP contribution in [0.5, 0.6) is 0 Å². The molecule has 4 aromatic rings. The van der Waals surface area contributed by atoms with E-state index in [1.165, 1.54) is 23.9 Å². The lowest BCUT2D eigenvalue weighted by Crippen LogP contribution is -2.25. The van der Waals surface area contributed by atoms with Crippen molar-refractivity contribution < 1.29 is 9.53 Å². The van der Waals surface area contributed by atoms with Gasteiger partial charge in [0.25, 0.3) is 5.56 Å². The zero-order chi connectivity index (χ0) is 22.0. The molecule has 0 aliphatic rings. The molecule has 10 nitrogen and oxygen atoms in total. The molecule has 3 aromatic heterocycles. The van der Waals surface area contributed by atoms with Crippen LogP contribution >= 0.6 is 11.6 Å². The van der Waals surface area contributed by atoms with Gasteiger partial charge in [0, 0.05) is 12.6 Å². The number of hydrogen-bond acceptors (Lipinski definition) is 8. The summed E-state index contributed by atoms with van der Waals surface area (Å²) < 4.78 is 7.60. The number of carbonyl (C=O) groups is 1. The maximum Gasteiger partial charge on any atom is 0.358 e. The summed E-state index contributed by atoms with van der Waals surface area (Å²) in [6.45, 7) is 0.775. The van der Waals surface area contributed by atoms with Gasteiger partial charge in [-0.1, -0.05) is 24.3 Å². The summed E-state index contributed by atoms with van der Waals surface area (Å²) in [7, 11) is 1.27. The van der Waals surface area contributed by atoms with Crippen LogP contribution in [0.2, 0.25) is 5.28 Å². The summed E-state index contributed by atoms with van der Waals surface area (Å²) in [4.78, 5) is 31.9. The number of esters is 1. The van der Waals surface area contributed by atoms with E-state index < -0.39 is 5.97 Å². The number of halogens is 1. The van der Waals surface area contributed by atoms with Crippen molar-refractivity contribution in [2.45, 2.75) is 19.5 Å². The fourth-order valence-corrected chi connectivity index (χ4v) is 3.35. The van der Waals surface area contributed by atoms with Crippen LogP contribution in [-0.4, -0.2) is 42.6 Å². The highest BCUT2D eigenvalue weighted by Gasteiger charge is 2.12. The monoisotopic (exact) mass is 439 g/mol. The summed E-state index contributed by atoms with van der Waals surface area (Å²) in [5.41, 5.74) is 8.21. The second-order valence-corrected chi connectivity index (χ2v) is 7.10. The van der Waals surface area contributed by atoms with Gasteiger partial charge in [-0.3, -0.25) is 4.79 Å². The maximum atomic E-state index is 12.1. The largest absolute Gasteiger partial charge is 0.464 e. The van der Waals surface area contributed by atoms with E-state index in [4.69, 9.17) is 17.3 Å². The molecule has 0 bridgehead atoms. The van der Waals surface area contributed by atoms with Crippen molar-refractivity contribution in [3.63, 3.8) is 0 Å². The number of methoxy groups -OCH3 is 1. The lowest BCUT2D eigenvalue weighted by molar-refractivity contribution is 0.0590. The van der Waals surface area contributed by atoms with E-state index in [9.17, 15) is 9.59 Å². The number of fused-ring (bicyclic) bond motifs is 1. The van der Waals surface area contributed by atoms with Crippen LogP contribution < -0.4 is 11.3 Å². The van der Waals surface area contributed by atoms with Crippen LogP contribution in [0.4, 0.5) is 5.82 Å². The fourth-order valence-electron chi connectivity index (χ4n) is 3.18. The van der Waals surface area contributed by atoms with Crippen LogP contribution in [0.25, 0.3) is 11.0 Å². The molecule has 158 valence electrons. The Labute approximate surface area is 181 Å². The van der Waals surface area contributed by atoms with Crippen molar-refractivity contribution in [2.75, 3.05) is 12.8 Å². The first kappa shape index (κ1) is 20.5. The van der Waals surface area contributed by atoms with E-state index in [1.54, 1.807) is 10.9 Å². The van der Waals surface area contributed by atoms with Crippen LogP contribution in [0.15, 0.2) is 47.4 Å². The Hall–Kier alpha value is -3.79. The van der Waals surface area contributed by atoms with Gasteiger partial charge in [0.1, 0.15) is 5.82 Å². The normalized spacial score (nSPS) is 11.0. The predicted molar refractivity (Wildman–Crippen MR) is 114 cm³/mol. The first-order chi connectivity index (χ1) is 14.9. The Morgan fingerprint density at radius 3 is 2.77 bits per heavy atom. The topological polar surface area (TPSA) is 131 Å². The van der Waals surface area contributed by atoms with E-state index in [0.29, 0.717) is 30.5 Å². The van der Waals surface area contributed by atoms with Gasteiger partial charge in [0.05, 0.1) is 25.2 Å². The van der Waals surface area contributed by atoms with Crippen molar-refractivity contribution in [1.29, 1.82) is 0 Å². The second-order valence-electron chi connectivity index (χ2n) is 6.76. The molecule has 0 saturated carbocycles. The van der Waals surface area contributed by atoms with Crippen LogP contribution in [0, 0.1) is 0 Å². The number of carbonyl (C=O) groups excluding carboxylic acids is 1. The zero-order valence-corrected chi connectivity index (χ0v) is 17.3. The molecule has 4 rings (SSSR count). The Morgan fingerprint density at radius 2 is 1.97 bits per heavy atom. The molecule has 0 atom stereocenters. The lowest BCUT2D eigenvalue weighted by atomic mass is 10.1. The third-order valence-corrected chi connectivity index (χ3v) is 4.86. The molecule has 1 aromatic carbocycles. The molecule has 0 amide bonds. The lowest BCUT2D eigenvalue weighted by Gasteiger charge is -2.08. The minimum Gasteiger partial charge on any atom is -0.464 e. The van der Waals surface area contributed by atoms with Gasteiger partial charge in [0.2, 0.25) is 5.28 Å². The Bertz CT molecular complexity index is 1330. The van der Waals surface area contributed by atoms with E-state index >= 15 is 0 Å². The second kappa shape index (κ2) is 8.52. The quantitative estimate of drug-likeness (QED) is 0.354. The average molecular weight is 440 g/mol. The molecule has 0 radical (unpaired) electrons. The van der Waals surface area contributed by atoms with Crippen LogP contribution in [-0.2, 0) is 24.2 Å². The summed E-state index contributed by atoms with van der Waals surface area (Å²) in [6, 6.07) is 10.5. The number of nitrogens with two attached hydrogens (primary N) is 1. The molecule has 0 aliphatic carbocycles. The number of ether oxygens (including phenoxy) is 1. The number of nitrogen functional groups attached to an aromatic ring is 1. The number of benzene rings is 1. The number of rotatable bonds is 6. The Kier molecular flexibility index (Phi) is 5.63. The first-order valence-electron chi connectivity index (χ1n) is 9.33. The summed E-state index contributed by atoms with van der Waals surface area (Å²) >= 11 is 5.93. The van der Waals surface area contributed by atoms with Crippen molar-refractivity contribution >= 4 is 34.4 Å². The number of aryl methyl sites for hydroxylation is 2. The molecule has 11 heteroatoms. The number of nitrogens with zero attached hydrogens (tertiary/aromatic N) is 6. The molecule has 0 fully saturated rings. The highest BCUT2D eigenvalue weighted by atomic mass is 35.5. The third-order valence-electron chi connectivity index (χ3n) is 4.70. The third kappa shape index (κ3) is 4.38. The van der Waals surface area contributed by atoms with Crippen LogP contribution in [0.1, 0.15) is 21.6 Å². The zero-order valence-electron chi connectivity index (χ0n) is 16.5. The predicted octanol–water partition coefficient (Wildman–Crippen LogP) is 1.70. The van der Waals surface area contributed by atoms with Gasteiger partial charge >= 0.3 is 5.97 Å². The van der Waals surface area contributed by atoms with Gasteiger partial charge in [-0.15, -0.1) is 0 Å². The van der Waals surface area contributed by atoms with Crippen molar-refractivity contribution in [2.24, 2.45) is 0 Å². The van der Waals surface area contributed by atoms with Gasteiger partial charge in [0.15, 0.2) is 11.3 Å². The molecule has 3 heterocycles. The Balaban J connectivity index is 1.52. The van der Waals surface area contributed by atoms with Crippen molar-refractivity contribution in [3.8, 4) is 0 Å². The first-order valence-corrected chi connectivity index (χ1v) is 9.71. The fraction of sp³-hybridized carbons (Fsp3) is 0.200. The number of hydrogen-bond donors (Lipinski definition) is 1. The van der Waals surface area contributed by atoms with Gasteiger partial charge in [-0.05, 0) is 35.2 Å². The Morgan fingerprint density at radius 1 is 1.16 bits per heavy atom. The molecule has 2 N–H and O–H groups in total. The highest BCUT2D eigenvalue weighted by molar-refractivity contribution is 6.28. The highest BCUT2D eigenvalue weighted by Crippen LogP contribution is 2.20. The molecular formula is C20H18ClN7O3. The smallest absolute Gasteiger partial charge is 0.358 e. The minimum absolute atomic E-state index is 0.0626. The molecular weight excluding hydrogens is 422 g/mol. The van der Waals surface area contributed by atoms with Gasteiger partial charge in [-0.25, -0.2) is 19.1 Å². The standard InChI is InChI=1S/C20H18ClN7O3/c1-31-19(30)15-5-6-16(29)27(26-15)8-7-12-3-2-4-13(9-12)11-28-18-14(10-23-28)17(22)24-20(21)25-18/h2-6,9-10H,7-8,11H2,1H3,(H2,22,24,25). The van der Waals surface area contributed by atoms with E-state index in [-0.39, 0.29) is 22.4 Å². The average Bonchev–Trinajstić information content (AvgIpc) is 3.15. The maximum absolute atomic E-state index is 12.1. The summed E-state index contributed by atoms with van der Waals surface area (Å²) in [6.07, 6.45) is 2.16. The number of anilines is 1. The van der Waals surface area contributed by atoms with Gasteiger partial charge in [-0.2, -0.15) is 15.2 Å². The van der Waals surface area contributed by atoms with Gasteiger partial charge < -0.3 is 10.5 Å². The van der Waals surface area contributed by atoms with Crippen LogP contribution in [0.3, 0.4) is 0 Å². The van der Waals surface area contributed by atoms with E-state index in [1.807, 2.05) is 24.3 Å². The molecule has 0 spiro atoms. The van der Waals surface area contributed by atoms with E-state index in [2.05, 4.69) is 24.9 Å². The van der Waals surface area contributed by atoms with Crippen molar-refractivity contribution in [1.82, 2.24) is 29.5 Å². The molecule has 0 unspecified atom stereocenters. The molecule has 0 aliphatic heterocycles. The number of aromatic nitrogens is 6. The van der Waals surface area contributed by atoms with Crippen molar-refractivity contribution in [3.05, 3.63) is 75.1 Å². The summed E-state index contributed by atoms with van der Waals surface area (Å²) in [5.74, 6) is -0.311. The SMILES string of the molecule is COC(=O)c1ccc(=O)n(CCc2cccc(Cn3ncc4c(N)nc(Cl)nc43)c2)n1.